The highest BCUT2D eigenvalue weighted by molar-refractivity contribution is 5.86. The zero-order valence-electron chi connectivity index (χ0n) is 11.0. The summed E-state index contributed by atoms with van der Waals surface area (Å²) < 4.78 is 0. The molecule has 0 saturated carbocycles. The molecule has 0 bridgehead atoms. The van der Waals surface area contributed by atoms with Crippen LogP contribution in [0.4, 0.5) is 0 Å². The van der Waals surface area contributed by atoms with Crippen molar-refractivity contribution in [2.24, 2.45) is 5.73 Å². The van der Waals surface area contributed by atoms with E-state index >= 15 is 0 Å². The van der Waals surface area contributed by atoms with Gasteiger partial charge in [0.15, 0.2) is 0 Å². The van der Waals surface area contributed by atoms with Crippen molar-refractivity contribution in [3.63, 3.8) is 0 Å². The Hall–Kier alpha value is -2.07. The van der Waals surface area contributed by atoms with Crippen LogP contribution in [0.15, 0.2) is 43.1 Å². The van der Waals surface area contributed by atoms with Crippen LogP contribution in [-0.2, 0) is 11.2 Å². The van der Waals surface area contributed by atoms with E-state index in [-0.39, 0.29) is 11.9 Å². The van der Waals surface area contributed by atoms with Crippen LogP contribution in [0, 0.1) is 0 Å². The highest BCUT2D eigenvalue weighted by Gasteiger charge is 2.16. The summed E-state index contributed by atoms with van der Waals surface area (Å²) >= 11 is 0. The Balaban J connectivity index is 2.08. The number of rotatable bonds is 5. The minimum Gasteiger partial charge on any atom is -0.361 e. The van der Waals surface area contributed by atoms with Crippen LogP contribution in [0.2, 0.25) is 0 Å². The van der Waals surface area contributed by atoms with Crippen molar-refractivity contribution in [1.82, 2.24) is 10.3 Å². The average Bonchev–Trinajstić information content (AvgIpc) is 2.82. The number of aromatic nitrogens is 1. The monoisotopic (exact) mass is 257 g/mol. The Morgan fingerprint density at radius 2 is 2.26 bits per heavy atom. The van der Waals surface area contributed by atoms with Gasteiger partial charge in [-0.3, -0.25) is 4.79 Å². The molecule has 2 rings (SSSR count). The molecule has 0 radical (unpaired) electrons. The molecule has 0 spiro atoms. The highest BCUT2D eigenvalue weighted by Crippen LogP contribution is 2.18. The number of carbonyl (C=O) groups is 1. The van der Waals surface area contributed by atoms with Gasteiger partial charge in [-0.25, -0.2) is 0 Å². The fourth-order valence-corrected chi connectivity index (χ4v) is 2.02. The van der Waals surface area contributed by atoms with Gasteiger partial charge in [0.05, 0.1) is 6.04 Å². The van der Waals surface area contributed by atoms with Gasteiger partial charge in [0, 0.05) is 23.1 Å². The lowest BCUT2D eigenvalue weighted by atomic mass is 10.0. The molecule has 1 aromatic heterocycles. The predicted molar refractivity (Wildman–Crippen MR) is 77.8 cm³/mol. The van der Waals surface area contributed by atoms with Crippen LogP contribution in [-0.4, -0.2) is 23.0 Å². The van der Waals surface area contributed by atoms with Gasteiger partial charge in [0.1, 0.15) is 0 Å². The first kappa shape index (κ1) is 13.4. The highest BCUT2D eigenvalue weighted by atomic mass is 16.2. The molecule has 2 atom stereocenters. The van der Waals surface area contributed by atoms with Gasteiger partial charge in [-0.15, -0.1) is 6.58 Å². The van der Waals surface area contributed by atoms with E-state index < -0.39 is 6.04 Å². The summed E-state index contributed by atoms with van der Waals surface area (Å²) in [6.45, 7) is 5.49. The predicted octanol–water partition coefficient (Wildman–Crippen LogP) is 1.73. The van der Waals surface area contributed by atoms with Crippen LogP contribution in [0.3, 0.4) is 0 Å². The molecule has 2 unspecified atom stereocenters. The number of hydrogen-bond donors (Lipinski definition) is 3. The number of carbonyl (C=O) groups excluding carboxylic acids is 1. The SMILES string of the molecule is C=CC(C)NC(=O)C(N)Cc1c[nH]c2ccccc12. The number of benzene rings is 1. The first-order valence-electron chi connectivity index (χ1n) is 6.35. The van der Waals surface area contributed by atoms with E-state index in [0.717, 1.165) is 16.5 Å². The molecule has 0 aliphatic rings. The summed E-state index contributed by atoms with van der Waals surface area (Å²) in [4.78, 5) is 15.1. The standard InChI is InChI=1S/C15H19N3O/c1-3-10(2)18-15(19)13(16)8-11-9-17-14-7-5-4-6-12(11)14/h3-7,9-10,13,17H,1,8,16H2,2H3,(H,18,19). The molecule has 1 amide bonds. The van der Waals surface area contributed by atoms with Crippen molar-refractivity contribution in [3.8, 4) is 0 Å². The second kappa shape index (κ2) is 5.71. The molecule has 0 fully saturated rings. The van der Waals surface area contributed by atoms with E-state index in [4.69, 9.17) is 5.73 Å². The van der Waals surface area contributed by atoms with Crippen LogP contribution in [0.25, 0.3) is 10.9 Å². The van der Waals surface area contributed by atoms with Crippen LogP contribution in [0.1, 0.15) is 12.5 Å². The number of amides is 1. The summed E-state index contributed by atoms with van der Waals surface area (Å²) in [5.74, 6) is -0.155. The topological polar surface area (TPSA) is 70.9 Å². The molecule has 1 aromatic carbocycles. The third kappa shape index (κ3) is 3.03. The van der Waals surface area contributed by atoms with Crippen molar-refractivity contribution < 1.29 is 4.79 Å². The lowest BCUT2D eigenvalue weighted by molar-refractivity contribution is -0.122. The van der Waals surface area contributed by atoms with Gasteiger partial charge >= 0.3 is 0 Å². The Morgan fingerprint density at radius 3 is 3.00 bits per heavy atom. The number of hydrogen-bond acceptors (Lipinski definition) is 2. The summed E-state index contributed by atoms with van der Waals surface area (Å²) in [5, 5.41) is 3.91. The molecule has 0 aliphatic heterocycles. The first-order chi connectivity index (χ1) is 9.11. The maximum Gasteiger partial charge on any atom is 0.237 e. The molecule has 2 aromatic rings. The van der Waals surface area contributed by atoms with Gasteiger partial charge in [-0.2, -0.15) is 0 Å². The van der Waals surface area contributed by atoms with E-state index in [1.807, 2.05) is 37.4 Å². The summed E-state index contributed by atoms with van der Waals surface area (Å²) in [6.07, 6.45) is 4.10. The number of nitrogens with two attached hydrogens (primary N) is 1. The van der Waals surface area contributed by atoms with Crippen LogP contribution in [0.5, 0.6) is 0 Å². The summed E-state index contributed by atoms with van der Waals surface area (Å²) in [5.41, 5.74) is 8.06. The van der Waals surface area contributed by atoms with Crippen molar-refractivity contribution in [3.05, 3.63) is 48.7 Å². The van der Waals surface area contributed by atoms with E-state index in [9.17, 15) is 4.79 Å². The smallest absolute Gasteiger partial charge is 0.237 e. The maximum atomic E-state index is 11.9. The van der Waals surface area contributed by atoms with E-state index in [0.29, 0.717) is 6.42 Å². The number of nitrogens with one attached hydrogen (secondary N) is 2. The first-order valence-corrected chi connectivity index (χ1v) is 6.35. The third-order valence-corrected chi connectivity index (χ3v) is 3.17. The fraction of sp³-hybridized carbons (Fsp3) is 0.267. The number of fused-ring (bicyclic) bond motifs is 1. The molecule has 100 valence electrons. The molecule has 0 aliphatic carbocycles. The molecular weight excluding hydrogens is 238 g/mol. The summed E-state index contributed by atoms with van der Waals surface area (Å²) in [6, 6.07) is 7.36. The molecular formula is C15H19N3O. The molecule has 0 saturated heterocycles. The van der Waals surface area contributed by atoms with E-state index in [1.54, 1.807) is 6.08 Å². The van der Waals surface area contributed by atoms with Gasteiger partial charge in [0.2, 0.25) is 5.91 Å². The Morgan fingerprint density at radius 1 is 1.53 bits per heavy atom. The molecule has 4 heteroatoms. The fourth-order valence-electron chi connectivity index (χ4n) is 2.02. The average molecular weight is 257 g/mol. The normalized spacial score (nSPS) is 14.0. The Bertz CT molecular complexity index is 588. The molecule has 4 N–H and O–H groups in total. The lowest BCUT2D eigenvalue weighted by Crippen LogP contribution is -2.44. The van der Waals surface area contributed by atoms with E-state index in [1.165, 1.54) is 0 Å². The lowest BCUT2D eigenvalue weighted by Gasteiger charge is -2.14. The van der Waals surface area contributed by atoms with Gasteiger partial charge < -0.3 is 16.0 Å². The minimum atomic E-state index is -0.554. The van der Waals surface area contributed by atoms with Gasteiger partial charge in [-0.05, 0) is 25.0 Å². The van der Waals surface area contributed by atoms with Crippen LogP contribution >= 0.6 is 0 Å². The molecule has 19 heavy (non-hydrogen) atoms. The largest absolute Gasteiger partial charge is 0.361 e. The van der Waals surface area contributed by atoms with Gasteiger partial charge in [0.25, 0.3) is 0 Å². The molecule has 1 heterocycles. The number of aromatic amines is 1. The van der Waals surface area contributed by atoms with Crippen molar-refractivity contribution in [2.45, 2.75) is 25.4 Å². The maximum absolute atomic E-state index is 11.9. The zero-order valence-corrected chi connectivity index (χ0v) is 11.0. The van der Waals surface area contributed by atoms with E-state index in [2.05, 4.69) is 16.9 Å². The van der Waals surface area contributed by atoms with Crippen molar-refractivity contribution >= 4 is 16.8 Å². The second-order valence-electron chi connectivity index (χ2n) is 4.70. The third-order valence-electron chi connectivity index (χ3n) is 3.17. The zero-order chi connectivity index (χ0) is 13.8. The molecule has 4 nitrogen and oxygen atoms in total. The van der Waals surface area contributed by atoms with Crippen molar-refractivity contribution in [2.75, 3.05) is 0 Å². The van der Waals surface area contributed by atoms with Gasteiger partial charge in [-0.1, -0.05) is 24.3 Å². The second-order valence-corrected chi connectivity index (χ2v) is 4.70. The summed E-state index contributed by atoms with van der Waals surface area (Å²) in [7, 11) is 0. The quantitative estimate of drug-likeness (QED) is 0.714. The number of H-pyrrole nitrogens is 1. The minimum absolute atomic E-state index is 0.0680. The van der Waals surface area contributed by atoms with Crippen molar-refractivity contribution in [1.29, 1.82) is 0 Å². The van der Waals surface area contributed by atoms with Crippen LogP contribution < -0.4 is 11.1 Å². The Labute approximate surface area is 112 Å². The Kier molecular flexibility index (Phi) is 4.02. The number of para-hydroxylation sites is 1.